The minimum Gasteiger partial charge on any atom is -0.352 e. The van der Waals surface area contributed by atoms with Crippen molar-refractivity contribution < 1.29 is 9.18 Å². The van der Waals surface area contributed by atoms with Gasteiger partial charge in [0.05, 0.1) is 5.56 Å². The van der Waals surface area contributed by atoms with E-state index in [0.717, 1.165) is 5.56 Å². The van der Waals surface area contributed by atoms with Crippen LogP contribution in [0.5, 0.6) is 0 Å². The normalized spacial score (nSPS) is 10.2. The van der Waals surface area contributed by atoms with E-state index in [1.54, 1.807) is 24.4 Å². The van der Waals surface area contributed by atoms with E-state index in [0.29, 0.717) is 23.1 Å². The molecule has 0 radical (unpaired) electrons. The summed E-state index contributed by atoms with van der Waals surface area (Å²) in [6.07, 6.45) is 2.19. The lowest BCUT2D eigenvalue weighted by Gasteiger charge is -2.06. The number of benzene rings is 1. The maximum Gasteiger partial charge on any atom is 0.254 e. The number of pyridine rings is 1. The van der Waals surface area contributed by atoms with Crippen LogP contribution < -0.4 is 5.32 Å². The molecule has 5 heteroatoms. The minimum atomic E-state index is -0.265. The van der Waals surface area contributed by atoms with Crippen molar-refractivity contribution in [1.82, 2.24) is 10.3 Å². The summed E-state index contributed by atoms with van der Waals surface area (Å²) in [4.78, 5) is 15.9. The van der Waals surface area contributed by atoms with Gasteiger partial charge in [-0.1, -0.05) is 12.1 Å². The summed E-state index contributed by atoms with van der Waals surface area (Å²) in [5.74, 6) is -0.463. The molecule has 0 saturated carbocycles. The van der Waals surface area contributed by atoms with Crippen molar-refractivity contribution in [2.45, 2.75) is 6.42 Å². The molecule has 0 unspecified atom stereocenters. The van der Waals surface area contributed by atoms with Crippen LogP contribution in [0.3, 0.4) is 0 Å². The summed E-state index contributed by atoms with van der Waals surface area (Å²) in [5.41, 5.74) is 1.34. The zero-order valence-electron chi connectivity index (χ0n) is 10.1. The van der Waals surface area contributed by atoms with Crippen molar-refractivity contribution in [3.05, 3.63) is 64.1 Å². The van der Waals surface area contributed by atoms with Gasteiger partial charge in [-0.25, -0.2) is 9.37 Å². The molecule has 2 rings (SSSR count). The number of aromatic nitrogens is 1. The number of carbonyl (C=O) groups is 1. The lowest BCUT2D eigenvalue weighted by atomic mass is 10.1. The van der Waals surface area contributed by atoms with Gasteiger partial charge in [0.1, 0.15) is 10.4 Å². The highest BCUT2D eigenvalue weighted by Crippen LogP contribution is 2.12. The van der Waals surface area contributed by atoms with Gasteiger partial charge in [-0.3, -0.25) is 4.79 Å². The van der Waals surface area contributed by atoms with Gasteiger partial charge in [0.15, 0.2) is 0 Å². The maximum atomic E-state index is 13.0. The Morgan fingerprint density at radius 2 is 2.16 bits per heavy atom. The average Bonchev–Trinajstić information content (AvgIpc) is 2.39. The smallest absolute Gasteiger partial charge is 0.254 e. The Morgan fingerprint density at radius 3 is 2.89 bits per heavy atom. The highest BCUT2D eigenvalue weighted by molar-refractivity contribution is 9.10. The number of amides is 1. The molecule has 1 amide bonds. The van der Waals surface area contributed by atoms with E-state index in [4.69, 9.17) is 0 Å². The van der Waals surface area contributed by atoms with E-state index in [1.165, 1.54) is 12.1 Å². The molecule has 98 valence electrons. The Kier molecular flexibility index (Phi) is 4.63. The quantitative estimate of drug-likeness (QED) is 0.879. The van der Waals surface area contributed by atoms with Crippen LogP contribution in [0.2, 0.25) is 0 Å². The first-order chi connectivity index (χ1) is 9.16. The predicted molar refractivity (Wildman–Crippen MR) is 74.4 cm³/mol. The van der Waals surface area contributed by atoms with E-state index in [2.05, 4.69) is 26.2 Å². The van der Waals surface area contributed by atoms with Crippen LogP contribution in [0, 0.1) is 5.82 Å². The highest BCUT2D eigenvalue weighted by Gasteiger charge is 2.09. The molecule has 0 spiro atoms. The number of hydrogen-bond donors (Lipinski definition) is 1. The van der Waals surface area contributed by atoms with Crippen LogP contribution in [0.25, 0.3) is 0 Å². The molecule has 1 aromatic carbocycles. The SMILES string of the molecule is O=C(NCCc1cccc(F)c1)c1cccnc1Br. The third-order valence-electron chi connectivity index (χ3n) is 2.59. The summed E-state index contributed by atoms with van der Waals surface area (Å²) < 4.78 is 13.5. The number of carbonyl (C=O) groups excluding carboxylic acids is 1. The number of hydrogen-bond acceptors (Lipinski definition) is 2. The molecular formula is C14H12BrFN2O. The Labute approximate surface area is 119 Å². The standard InChI is InChI=1S/C14H12BrFN2O/c15-13-12(5-2-7-17-13)14(19)18-8-6-10-3-1-4-11(16)9-10/h1-5,7,9H,6,8H2,(H,18,19). The van der Waals surface area contributed by atoms with Crippen molar-refractivity contribution in [3.8, 4) is 0 Å². The Balaban J connectivity index is 1.90. The molecule has 1 aromatic heterocycles. The van der Waals surface area contributed by atoms with E-state index < -0.39 is 0 Å². The molecule has 3 nitrogen and oxygen atoms in total. The third kappa shape index (κ3) is 3.86. The molecule has 0 aliphatic heterocycles. The molecule has 19 heavy (non-hydrogen) atoms. The van der Waals surface area contributed by atoms with Gasteiger partial charge in [-0.2, -0.15) is 0 Å². The second-order valence-corrected chi connectivity index (χ2v) is 4.73. The number of nitrogens with one attached hydrogen (secondary N) is 1. The summed E-state index contributed by atoms with van der Waals surface area (Å²) >= 11 is 3.22. The van der Waals surface area contributed by atoms with Crippen molar-refractivity contribution in [1.29, 1.82) is 0 Å². The monoisotopic (exact) mass is 322 g/mol. The van der Waals surface area contributed by atoms with Crippen LogP contribution in [0.15, 0.2) is 47.2 Å². The number of halogens is 2. The fourth-order valence-electron chi connectivity index (χ4n) is 1.66. The van der Waals surface area contributed by atoms with Crippen molar-refractivity contribution in [2.24, 2.45) is 0 Å². The molecule has 0 fully saturated rings. The van der Waals surface area contributed by atoms with E-state index in [9.17, 15) is 9.18 Å². The molecule has 1 N–H and O–H groups in total. The van der Waals surface area contributed by atoms with Crippen molar-refractivity contribution in [2.75, 3.05) is 6.54 Å². The molecule has 2 aromatic rings. The third-order valence-corrected chi connectivity index (χ3v) is 3.22. The first kappa shape index (κ1) is 13.7. The Hall–Kier alpha value is -1.75. The average molecular weight is 323 g/mol. The summed E-state index contributed by atoms with van der Waals surface area (Å²) in [7, 11) is 0. The van der Waals surface area contributed by atoms with Crippen molar-refractivity contribution >= 4 is 21.8 Å². The van der Waals surface area contributed by atoms with Gasteiger partial charge < -0.3 is 5.32 Å². The van der Waals surface area contributed by atoms with E-state index in [-0.39, 0.29) is 11.7 Å². The first-order valence-corrected chi connectivity index (χ1v) is 6.59. The minimum absolute atomic E-state index is 0.198. The zero-order chi connectivity index (χ0) is 13.7. The Morgan fingerprint density at radius 1 is 1.32 bits per heavy atom. The first-order valence-electron chi connectivity index (χ1n) is 5.80. The molecule has 0 aliphatic rings. The fourth-order valence-corrected chi connectivity index (χ4v) is 2.09. The van der Waals surface area contributed by atoms with Gasteiger partial charge in [-0.05, 0) is 52.2 Å². The van der Waals surface area contributed by atoms with Gasteiger partial charge in [0, 0.05) is 12.7 Å². The molecule has 0 bridgehead atoms. The van der Waals surface area contributed by atoms with E-state index >= 15 is 0 Å². The van der Waals surface area contributed by atoms with Crippen LogP contribution in [-0.2, 0) is 6.42 Å². The summed E-state index contributed by atoms with van der Waals surface area (Å²) in [6.45, 7) is 0.448. The molecule has 0 saturated heterocycles. The van der Waals surface area contributed by atoms with Gasteiger partial charge >= 0.3 is 0 Å². The van der Waals surface area contributed by atoms with E-state index in [1.807, 2.05) is 6.07 Å². The second kappa shape index (κ2) is 6.43. The van der Waals surface area contributed by atoms with Gasteiger partial charge in [-0.15, -0.1) is 0 Å². The maximum absolute atomic E-state index is 13.0. The largest absolute Gasteiger partial charge is 0.352 e. The Bertz CT molecular complexity index is 589. The second-order valence-electron chi connectivity index (χ2n) is 3.98. The zero-order valence-corrected chi connectivity index (χ0v) is 11.7. The van der Waals surface area contributed by atoms with Crippen LogP contribution >= 0.6 is 15.9 Å². The number of nitrogens with zero attached hydrogens (tertiary/aromatic N) is 1. The summed E-state index contributed by atoms with van der Waals surface area (Å²) in [5, 5.41) is 2.78. The molecule has 0 atom stereocenters. The number of rotatable bonds is 4. The van der Waals surface area contributed by atoms with Crippen LogP contribution in [0.4, 0.5) is 4.39 Å². The van der Waals surface area contributed by atoms with Gasteiger partial charge in [0.25, 0.3) is 5.91 Å². The summed E-state index contributed by atoms with van der Waals surface area (Å²) in [6, 6.07) is 9.74. The van der Waals surface area contributed by atoms with Crippen LogP contribution in [0.1, 0.15) is 15.9 Å². The fraction of sp³-hybridized carbons (Fsp3) is 0.143. The predicted octanol–water partition coefficient (Wildman–Crippen LogP) is 2.96. The lowest BCUT2D eigenvalue weighted by molar-refractivity contribution is 0.0953. The van der Waals surface area contributed by atoms with Crippen molar-refractivity contribution in [3.63, 3.8) is 0 Å². The molecule has 0 aliphatic carbocycles. The molecular weight excluding hydrogens is 311 g/mol. The van der Waals surface area contributed by atoms with Crippen LogP contribution in [-0.4, -0.2) is 17.4 Å². The lowest BCUT2D eigenvalue weighted by Crippen LogP contribution is -2.26. The van der Waals surface area contributed by atoms with Gasteiger partial charge in [0.2, 0.25) is 0 Å². The topological polar surface area (TPSA) is 42.0 Å². The highest BCUT2D eigenvalue weighted by atomic mass is 79.9. The molecule has 1 heterocycles.